The lowest BCUT2D eigenvalue weighted by molar-refractivity contribution is 0.209. The standard InChI is InChI=1S/C20H20N6O/c1-3-5-14-7-6-13(2)15(10-14)18-17(12-22-25-18)24-20(27)16-11-23-26-9-4-8-21-19(16)26/h3-4,6-12,20,24,27H,1,5H2,2H3,(H,22,25). The number of allylic oxidation sites excluding steroid dienone is 1. The van der Waals surface area contributed by atoms with E-state index in [0.29, 0.717) is 16.9 Å². The first-order valence-electron chi connectivity index (χ1n) is 8.65. The molecular formula is C20H20N6O. The number of H-pyrrole nitrogens is 1. The van der Waals surface area contributed by atoms with E-state index >= 15 is 0 Å². The van der Waals surface area contributed by atoms with Gasteiger partial charge in [-0.15, -0.1) is 6.58 Å². The molecule has 7 nitrogen and oxygen atoms in total. The third-order valence-electron chi connectivity index (χ3n) is 4.47. The monoisotopic (exact) mass is 360 g/mol. The molecule has 1 atom stereocenters. The number of nitrogens with one attached hydrogen (secondary N) is 2. The molecule has 1 unspecified atom stereocenters. The molecule has 0 bridgehead atoms. The van der Waals surface area contributed by atoms with Crippen molar-refractivity contribution in [3.05, 3.63) is 78.4 Å². The van der Waals surface area contributed by atoms with Gasteiger partial charge < -0.3 is 10.4 Å². The van der Waals surface area contributed by atoms with Gasteiger partial charge in [-0.1, -0.05) is 18.2 Å². The Morgan fingerprint density at radius 2 is 2.30 bits per heavy atom. The van der Waals surface area contributed by atoms with Gasteiger partial charge in [-0.2, -0.15) is 10.2 Å². The van der Waals surface area contributed by atoms with Crippen LogP contribution in [0.3, 0.4) is 0 Å². The molecule has 0 spiro atoms. The van der Waals surface area contributed by atoms with Crippen molar-refractivity contribution in [1.82, 2.24) is 24.8 Å². The number of hydrogen-bond donors (Lipinski definition) is 3. The van der Waals surface area contributed by atoms with Crippen LogP contribution in [-0.2, 0) is 6.42 Å². The van der Waals surface area contributed by atoms with Gasteiger partial charge in [-0.05, 0) is 36.6 Å². The van der Waals surface area contributed by atoms with Gasteiger partial charge in [0.2, 0.25) is 0 Å². The van der Waals surface area contributed by atoms with Crippen molar-refractivity contribution in [2.45, 2.75) is 19.6 Å². The van der Waals surface area contributed by atoms with E-state index in [0.717, 1.165) is 28.8 Å². The Balaban J connectivity index is 1.66. The number of anilines is 1. The predicted molar refractivity (Wildman–Crippen MR) is 104 cm³/mol. The number of aryl methyl sites for hydroxylation is 1. The second-order valence-corrected chi connectivity index (χ2v) is 6.32. The summed E-state index contributed by atoms with van der Waals surface area (Å²) in [6.07, 6.45) is 8.50. The van der Waals surface area contributed by atoms with Crippen LogP contribution < -0.4 is 5.32 Å². The van der Waals surface area contributed by atoms with Crippen LogP contribution >= 0.6 is 0 Å². The maximum atomic E-state index is 10.7. The summed E-state index contributed by atoms with van der Waals surface area (Å²) in [5, 5.41) is 25.3. The van der Waals surface area contributed by atoms with Gasteiger partial charge in [-0.25, -0.2) is 9.50 Å². The summed E-state index contributed by atoms with van der Waals surface area (Å²) in [4.78, 5) is 4.29. The quantitative estimate of drug-likeness (QED) is 0.363. The number of aromatic nitrogens is 5. The van der Waals surface area contributed by atoms with Crippen molar-refractivity contribution in [2.75, 3.05) is 5.32 Å². The Hall–Kier alpha value is -3.45. The van der Waals surface area contributed by atoms with Gasteiger partial charge in [0, 0.05) is 24.2 Å². The summed E-state index contributed by atoms with van der Waals surface area (Å²) in [5.41, 5.74) is 5.92. The number of rotatable bonds is 6. The lowest BCUT2D eigenvalue weighted by atomic mass is 10.00. The first kappa shape index (κ1) is 17.0. The fraction of sp³-hybridized carbons (Fsp3) is 0.150. The van der Waals surface area contributed by atoms with Crippen molar-refractivity contribution in [1.29, 1.82) is 0 Å². The van der Waals surface area contributed by atoms with Crippen LogP contribution in [0.2, 0.25) is 0 Å². The third-order valence-corrected chi connectivity index (χ3v) is 4.47. The van der Waals surface area contributed by atoms with Crippen LogP contribution in [0.1, 0.15) is 22.9 Å². The maximum Gasteiger partial charge on any atom is 0.162 e. The second-order valence-electron chi connectivity index (χ2n) is 6.32. The fourth-order valence-corrected chi connectivity index (χ4v) is 3.09. The maximum absolute atomic E-state index is 10.7. The highest BCUT2D eigenvalue weighted by molar-refractivity contribution is 5.76. The first-order chi connectivity index (χ1) is 13.2. The summed E-state index contributed by atoms with van der Waals surface area (Å²) in [6, 6.07) is 8.04. The number of nitrogens with zero attached hydrogens (tertiary/aromatic N) is 4. The molecule has 0 saturated heterocycles. The Morgan fingerprint density at radius 1 is 1.41 bits per heavy atom. The van der Waals surface area contributed by atoms with E-state index in [1.165, 1.54) is 0 Å². The van der Waals surface area contributed by atoms with Gasteiger partial charge >= 0.3 is 0 Å². The molecule has 3 heterocycles. The minimum absolute atomic E-state index is 0.597. The van der Waals surface area contributed by atoms with Crippen LogP contribution in [0.4, 0.5) is 5.69 Å². The Kier molecular flexibility index (Phi) is 4.43. The van der Waals surface area contributed by atoms with Crippen molar-refractivity contribution in [2.24, 2.45) is 0 Å². The number of hydrogen-bond acceptors (Lipinski definition) is 5. The number of aliphatic hydroxyl groups excluding tert-OH is 1. The number of fused-ring (bicyclic) bond motifs is 1. The molecule has 0 saturated carbocycles. The summed E-state index contributed by atoms with van der Waals surface area (Å²) in [7, 11) is 0. The van der Waals surface area contributed by atoms with Crippen molar-refractivity contribution < 1.29 is 5.11 Å². The molecule has 0 fully saturated rings. The first-order valence-corrected chi connectivity index (χ1v) is 8.65. The molecule has 4 rings (SSSR count). The molecule has 7 heteroatoms. The van der Waals surface area contributed by atoms with Gasteiger partial charge in [0.05, 0.1) is 17.4 Å². The van der Waals surface area contributed by atoms with E-state index in [4.69, 9.17) is 0 Å². The van der Waals surface area contributed by atoms with E-state index in [1.807, 2.05) is 13.0 Å². The minimum atomic E-state index is -0.967. The van der Waals surface area contributed by atoms with E-state index in [9.17, 15) is 5.11 Å². The van der Waals surface area contributed by atoms with Crippen molar-refractivity contribution >= 4 is 11.3 Å². The van der Waals surface area contributed by atoms with Gasteiger partial charge in [0.25, 0.3) is 0 Å². The summed E-state index contributed by atoms with van der Waals surface area (Å²) < 4.78 is 1.62. The second kappa shape index (κ2) is 7.05. The van der Waals surface area contributed by atoms with Crippen LogP contribution in [0.5, 0.6) is 0 Å². The van der Waals surface area contributed by atoms with E-state index in [1.54, 1.807) is 35.4 Å². The van der Waals surface area contributed by atoms with Crippen molar-refractivity contribution in [3.8, 4) is 11.3 Å². The van der Waals surface area contributed by atoms with Gasteiger partial charge in [0.15, 0.2) is 11.9 Å². The van der Waals surface area contributed by atoms with Crippen LogP contribution in [-0.4, -0.2) is 29.9 Å². The summed E-state index contributed by atoms with van der Waals surface area (Å²) >= 11 is 0. The number of benzene rings is 1. The minimum Gasteiger partial charge on any atom is -0.369 e. The molecule has 0 radical (unpaired) electrons. The Morgan fingerprint density at radius 3 is 3.15 bits per heavy atom. The highest BCUT2D eigenvalue weighted by atomic mass is 16.3. The van der Waals surface area contributed by atoms with Gasteiger partial charge in [0.1, 0.15) is 5.69 Å². The molecule has 0 aliphatic carbocycles. The molecule has 4 aromatic rings. The fourth-order valence-electron chi connectivity index (χ4n) is 3.09. The summed E-state index contributed by atoms with van der Waals surface area (Å²) in [5.74, 6) is 0. The molecule has 0 amide bonds. The molecule has 136 valence electrons. The lowest BCUT2D eigenvalue weighted by Crippen LogP contribution is -2.10. The van der Waals surface area contributed by atoms with E-state index < -0.39 is 6.23 Å². The number of aromatic amines is 1. The average molecular weight is 360 g/mol. The molecular weight excluding hydrogens is 340 g/mol. The molecule has 27 heavy (non-hydrogen) atoms. The van der Waals surface area contributed by atoms with E-state index in [2.05, 4.69) is 50.4 Å². The van der Waals surface area contributed by atoms with Crippen LogP contribution in [0.15, 0.2) is 61.7 Å². The average Bonchev–Trinajstić information content (AvgIpc) is 3.30. The van der Waals surface area contributed by atoms with Gasteiger partial charge in [-0.3, -0.25) is 5.10 Å². The molecule has 3 aromatic heterocycles. The van der Waals surface area contributed by atoms with Crippen molar-refractivity contribution in [3.63, 3.8) is 0 Å². The zero-order valence-corrected chi connectivity index (χ0v) is 14.9. The molecule has 0 aliphatic heterocycles. The highest BCUT2D eigenvalue weighted by Gasteiger charge is 2.18. The summed E-state index contributed by atoms with van der Waals surface area (Å²) in [6.45, 7) is 5.84. The number of aliphatic hydroxyl groups is 1. The molecule has 0 aliphatic rings. The van der Waals surface area contributed by atoms with Crippen LogP contribution in [0, 0.1) is 6.92 Å². The van der Waals surface area contributed by atoms with E-state index in [-0.39, 0.29) is 0 Å². The largest absolute Gasteiger partial charge is 0.369 e. The predicted octanol–water partition coefficient (Wildman–Crippen LogP) is 3.26. The zero-order chi connectivity index (χ0) is 18.8. The lowest BCUT2D eigenvalue weighted by Gasteiger charge is -2.14. The molecule has 1 aromatic carbocycles. The Bertz CT molecular complexity index is 1100. The highest BCUT2D eigenvalue weighted by Crippen LogP contribution is 2.31. The normalized spacial score (nSPS) is 12.2. The topological polar surface area (TPSA) is 91.1 Å². The SMILES string of the molecule is C=CCc1ccc(C)c(-c2n[nH]cc2NC(O)c2cnn3cccnc23)c1. The Labute approximate surface area is 156 Å². The zero-order valence-electron chi connectivity index (χ0n) is 14.9. The van der Waals surface area contributed by atoms with Crippen LogP contribution in [0.25, 0.3) is 16.9 Å². The smallest absolute Gasteiger partial charge is 0.162 e. The molecule has 3 N–H and O–H groups in total. The third kappa shape index (κ3) is 3.20.